The largest absolute Gasteiger partial charge is 0.346 e. The van der Waals surface area contributed by atoms with Crippen molar-refractivity contribution in [2.24, 2.45) is 0 Å². The highest BCUT2D eigenvalue weighted by Gasteiger charge is 2.13. The van der Waals surface area contributed by atoms with Gasteiger partial charge in [-0.2, -0.15) is 0 Å². The first kappa shape index (κ1) is 14.3. The van der Waals surface area contributed by atoms with Gasteiger partial charge in [-0.3, -0.25) is 4.79 Å². The molecule has 0 bridgehead atoms. The molecule has 20 heavy (non-hydrogen) atoms. The van der Waals surface area contributed by atoms with Crippen molar-refractivity contribution < 1.29 is 4.79 Å². The molecule has 1 atom stereocenters. The molecule has 2 aromatic rings. The summed E-state index contributed by atoms with van der Waals surface area (Å²) in [5.41, 5.74) is 5.20. The molecule has 0 unspecified atom stereocenters. The molecule has 0 aliphatic rings. The zero-order valence-corrected chi connectivity index (χ0v) is 12.5. The van der Waals surface area contributed by atoms with Gasteiger partial charge < -0.3 is 5.32 Å². The number of carbonyl (C=O) groups excluding carboxylic acids is 1. The van der Waals surface area contributed by atoms with Crippen molar-refractivity contribution in [3.63, 3.8) is 0 Å². The Hall–Kier alpha value is -2.09. The lowest BCUT2D eigenvalue weighted by molar-refractivity contribution is 0.0939. The van der Waals surface area contributed by atoms with Gasteiger partial charge in [0.1, 0.15) is 0 Å². The number of carbonyl (C=O) groups is 1. The van der Waals surface area contributed by atoms with Crippen LogP contribution >= 0.6 is 0 Å². The minimum Gasteiger partial charge on any atom is -0.346 e. The Kier molecular flexibility index (Phi) is 4.23. The van der Waals surface area contributed by atoms with E-state index in [1.807, 2.05) is 39.0 Å². The molecule has 0 saturated carbocycles. The Morgan fingerprint density at radius 3 is 2.20 bits per heavy atom. The fourth-order valence-electron chi connectivity index (χ4n) is 2.19. The Bertz CT molecular complexity index is 614. The third-order valence-corrected chi connectivity index (χ3v) is 3.56. The van der Waals surface area contributed by atoms with Crippen molar-refractivity contribution >= 4 is 5.91 Å². The first-order valence-electron chi connectivity index (χ1n) is 6.92. The highest BCUT2D eigenvalue weighted by atomic mass is 16.1. The standard InChI is InChI=1S/C18H21NO/c1-12-6-9-16(10-7-12)15(4)19-18(20)17-11-13(2)5-8-14(17)3/h5-11,15H,1-4H3,(H,19,20)/t15-/m1/s1. The van der Waals surface area contributed by atoms with Crippen LogP contribution in [0, 0.1) is 20.8 Å². The number of aryl methyl sites for hydroxylation is 3. The summed E-state index contributed by atoms with van der Waals surface area (Å²) in [7, 11) is 0. The summed E-state index contributed by atoms with van der Waals surface area (Å²) in [6.07, 6.45) is 0. The van der Waals surface area contributed by atoms with E-state index in [0.29, 0.717) is 0 Å². The van der Waals surface area contributed by atoms with E-state index in [1.165, 1.54) is 5.56 Å². The molecule has 2 rings (SSSR count). The molecule has 104 valence electrons. The van der Waals surface area contributed by atoms with E-state index in [2.05, 4.69) is 36.5 Å². The second-order valence-electron chi connectivity index (χ2n) is 5.42. The molecule has 2 aromatic carbocycles. The van der Waals surface area contributed by atoms with E-state index in [4.69, 9.17) is 0 Å². The molecule has 0 aliphatic heterocycles. The molecule has 0 radical (unpaired) electrons. The number of benzene rings is 2. The van der Waals surface area contributed by atoms with E-state index in [0.717, 1.165) is 22.3 Å². The van der Waals surface area contributed by atoms with Gasteiger partial charge in [-0.05, 0) is 44.9 Å². The van der Waals surface area contributed by atoms with Gasteiger partial charge in [-0.25, -0.2) is 0 Å². The third-order valence-electron chi connectivity index (χ3n) is 3.56. The van der Waals surface area contributed by atoms with Crippen LogP contribution in [0.15, 0.2) is 42.5 Å². The van der Waals surface area contributed by atoms with Gasteiger partial charge in [0, 0.05) is 5.56 Å². The summed E-state index contributed by atoms with van der Waals surface area (Å²) in [5.74, 6) is -0.0146. The molecule has 0 aliphatic carbocycles. The van der Waals surface area contributed by atoms with E-state index < -0.39 is 0 Å². The summed E-state index contributed by atoms with van der Waals surface area (Å²) in [6, 6.07) is 14.2. The molecule has 0 heterocycles. The zero-order valence-electron chi connectivity index (χ0n) is 12.5. The van der Waals surface area contributed by atoms with E-state index >= 15 is 0 Å². The van der Waals surface area contributed by atoms with Gasteiger partial charge in [-0.1, -0.05) is 47.5 Å². The van der Waals surface area contributed by atoms with Crippen LogP contribution in [0.25, 0.3) is 0 Å². The summed E-state index contributed by atoms with van der Waals surface area (Å²) >= 11 is 0. The summed E-state index contributed by atoms with van der Waals surface area (Å²) in [6.45, 7) is 8.03. The summed E-state index contributed by atoms with van der Waals surface area (Å²) < 4.78 is 0. The normalized spacial score (nSPS) is 12.0. The first-order valence-corrected chi connectivity index (χ1v) is 6.92. The van der Waals surface area contributed by atoms with Crippen LogP contribution in [0.4, 0.5) is 0 Å². The predicted molar refractivity (Wildman–Crippen MR) is 83.0 cm³/mol. The predicted octanol–water partition coefficient (Wildman–Crippen LogP) is 4.10. The molecule has 0 saturated heterocycles. The highest BCUT2D eigenvalue weighted by molar-refractivity contribution is 5.96. The molecule has 1 N–H and O–H groups in total. The summed E-state index contributed by atoms with van der Waals surface area (Å²) in [5, 5.41) is 3.06. The lowest BCUT2D eigenvalue weighted by atomic mass is 10.0. The maximum absolute atomic E-state index is 12.4. The molecule has 2 heteroatoms. The first-order chi connectivity index (χ1) is 9.47. The monoisotopic (exact) mass is 267 g/mol. The smallest absolute Gasteiger partial charge is 0.252 e. The lowest BCUT2D eigenvalue weighted by Crippen LogP contribution is -2.27. The van der Waals surface area contributed by atoms with Crippen molar-refractivity contribution in [2.75, 3.05) is 0 Å². The van der Waals surface area contributed by atoms with E-state index in [-0.39, 0.29) is 11.9 Å². The molecular weight excluding hydrogens is 246 g/mol. The van der Waals surface area contributed by atoms with Crippen LogP contribution in [0.2, 0.25) is 0 Å². The van der Waals surface area contributed by atoms with Gasteiger partial charge in [0.05, 0.1) is 6.04 Å². The average molecular weight is 267 g/mol. The maximum Gasteiger partial charge on any atom is 0.252 e. The summed E-state index contributed by atoms with van der Waals surface area (Å²) in [4.78, 5) is 12.4. The van der Waals surface area contributed by atoms with Gasteiger partial charge in [0.2, 0.25) is 0 Å². The van der Waals surface area contributed by atoms with Crippen molar-refractivity contribution in [3.8, 4) is 0 Å². The van der Waals surface area contributed by atoms with Crippen LogP contribution in [0.5, 0.6) is 0 Å². The van der Waals surface area contributed by atoms with Crippen LogP contribution in [0.1, 0.15) is 45.6 Å². The van der Waals surface area contributed by atoms with Crippen LogP contribution in [-0.2, 0) is 0 Å². The van der Waals surface area contributed by atoms with Crippen molar-refractivity contribution in [1.29, 1.82) is 0 Å². The maximum atomic E-state index is 12.4. The molecule has 0 spiro atoms. The average Bonchev–Trinajstić information content (AvgIpc) is 2.42. The molecule has 0 aromatic heterocycles. The number of hydrogen-bond donors (Lipinski definition) is 1. The number of amides is 1. The second kappa shape index (κ2) is 5.91. The van der Waals surface area contributed by atoms with Gasteiger partial charge in [0.25, 0.3) is 5.91 Å². The number of hydrogen-bond acceptors (Lipinski definition) is 1. The number of rotatable bonds is 3. The Morgan fingerprint density at radius 1 is 0.950 bits per heavy atom. The van der Waals surface area contributed by atoms with Crippen molar-refractivity contribution in [3.05, 3.63) is 70.3 Å². The fourth-order valence-corrected chi connectivity index (χ4v) is 2.19. The molecule has 2 nitrogen and oxygen atoms in total. The topological polar surface area (TPSA) is 29.1 Å². The number of nitrogens with one attached hydrogen (secondary N) is 1. The van der Waals surface area contributed by atoms with Crippen LogP contribution in [-0.4, -0.2) is 5.91 Å². The van der Waals surface area contributed by atoms with E-state index in [9.17, 15) is 4.79 Å². The van der Waals surface area contributed by atoms with Crippen LogP contribution < -0.4 is 5.32 Å². The van der Waals surface area contributed by atoms with Gasteiger partial charge in [-0.15, -0.1) is 0 Å². The quantitative estimate of drug-likeness (QED) is 0.891. The Balaban J connectivity index is 2.15. The third kappa shape index (κ3) is 3.27. The van der Waals surface area contributed by atoms with Crippen LogP contribution in [0.3, 0.4) is 0 Å². The van der Waals surface area contributed by atoms with Gasteiger partial charge >= 0.3 is 0 Å². The van der Waals surface area contributed by atoms with Gasteiger partial charge in [0.15, 0.2) is 0 Å². The second-order valence-corrected chi connectivity index (χ2v) is 5.42. The lowest BCUT2D eigenvalue weighted by Gasteiger charge is -2.16. The molecule has 1 amide bonds. The fraction of sp³-hybridized carbons (Fsp3) is 0.278. The van der Waals surface area contributed by atoms with Crippen molar-refractivity contribution in [1.82, 2.24) is 5.32 Å². The molecular formula is C18H21NO. The minimum atomic E-state index is -0.0146. The van der Waals surface area contributed by atoms with Crippen molar-refractivity contribution in [2.45, 2.75) is 33.7 Å². The Morgan fingerprint density at radius 2 is 1.55 bits per heavy atom. The minimum absolute atomic E-state index is 0.00279. The highest BCUT2D eigenvalue weighted by Crippen LogP contribution is 2.16. The SMILES string of the molecule is Cc1ccc([C@@H](C)NC(=O)c2cc(C)ccc2C)cc1. The van der Waals surface area contributed by atoms with E-state index in [1.54, 1.807) is 0 Å². The zero-order chi connectivity index (χ0) is 14.7. The Labute approximate surface area is 120 Å². The molecule has 0 fully saturated rings.